The molecule has 4 heteroatoms. The van der Waals surface area contributed by atoms with Crippen LogP contribution in [0.25, 0.3) is 0 Å². The van der Waals surface area contributed by atoms with Crippen LogP contribution in [0.1, 0.15) is 6.92 Å². The molecule has 1 aliphatic rings. The molecule has 2 nitrogen and oxygen atoms in total. The van der Waals surface area contributed by atoms with E-state index in [2.05, 4.69) is 134 Å². The number of nitrogens with zero attached hydrogens (tertiary/aromatic N) is 2. The highest BCUT2D eigenvalue weighted by Gasteiger charge is 2.33. The molecule has 0 radical (unpaired) electrons. The van der Waals surface area contributed by atoms with E-state index in [-0.39, 0.29) is 0 Å². The second kappa shape index (κ2) is 8.31. The van der Waals surface area contributed by atoms with Gasteiger partial charge in [0.25, 0.3) is 0 Å². The summed E-state index contributed by atoms with van der Waals surface area (Å²) in [6, 6.07) is 43.1. The van der Waals surface area contributed by atoms with Gasteiger partial charge < -0.3 is 0 Å². The molecule has 0 saturated carbocycles. The molecule has 4 aromatic rings. The van der Waals surface area contributed by atoms with E-state index in [9.17, 15) is 0 Å². The summed E-state index contributed by atoms with van der Waals surface area (Å²) < 4.78 is 10.7. The van der Waals surface area contributed by atoms with E-state index in [0.29, 0.717) is 0 Å². The first kappa shape index (κ1) is 20.0. The Labute approximate surface area is 184 Å². The van der Waals surface area contributed by atoms with Gasteiger partial charge in [-0.05, 0) is 12.5 Å². The lowest BCUT2D eigenvalue weighted by molar-refractivity contribution is 1.58. The number of hydrogen-bond donors (Lipinski definition) is 0. The number of rotatable bonds is 4. The number of amidine groups is 1. The Hall–Kier alpha value is -2.92. The van der Waals surface area contributed by atoms with E-state index in [4.69, 9.17) is 9.51 Å². The molecular formula is C27H24N2P2. The van der Waals surface area contributed by atoms with Gasteiger partial charge in [-0.1, -0.05) is 121 Å². The van der Waals surface area contributed by atoms with E-state index in [1.165, 1.54) is 21.2 Å². The van der Waals surface area contributed by atoms with Crippen LogP contribution in [0.3, 0.4) is 0 Å². The Kier molecular flexibility index (Phi) is 5.36. The van der Waals surface area contributed by atoms with E-state index in [1.807, 2.05) is 0 Å². The van der Waals surface area contributed by atoms with Crippen LogP contribution >= 0.6 is 14.1 Å². The molecule has 0 N–H and O–H groups in total. The van der Waals surface area contributed by atoms with Gasteiger partial charge in [-0.3, -0.25) is 0 Å². The first-order valence-corrected chi connectivity index (χ1v) is 14.0. The van der Waals surface area contributed by atoms with Crippen molar-refractivity contribution in [3.8, 4) is 0 Å². The fourth-order valence-electron chi connectivity index (χ4n) is 4.19. The predicted molar refractivity (Wildman–Crippen MR) is 140 cm³/mol. The van der Waals surface area contributed by atoms with Crippen molar-refractivity contribution in [2.45, 2.75) is 6.92 Å². The average Bonchev–Trinajstić information content (AvgIpc) is 2.86. The lowest BCUT2D eigenvalue weighted by Gasteiger charge is -2.33. The van der Waals surface area contributed by atoms with Crippen molar-refractivity contribution in [3.63, 3.8) is 0 Å². The van der Waals surface area contributed by atoms with Gasteiger partial charge in [0.15, 0.2) is 0 Å². The van der Waals surface area contributed by atoms with Crippen molar-refractivity contribution in [2.75, 3.05) is 0 Å². The van der Waals surface area contributed by atoms with Crippen molar-refractivity contribution in [1.29, 1.82) is 0 Å². The molecule has 0 amide bonds. The SMILES string of the molecule is CC1=NP(c2ccccc2)(c2ccccc2)=CP(c2ccccc2)(c2ccccc2)=N1. The van der Waals surface area contributed by atoms with Gasteiger partial charge in [-0.2, -0.15) is 0 Å². The van der Waals surface area contributed by atoms with Crippen LogP contribution in [0.4, 0.5) is 0 Å². The zero-order valence-corrected chi connectivity index (χ0v) is 19.2. The van der Waals surface area contributed by atoms with Crippen molar-refractivity contribution >= 4 is 46.7 Å². The molecular weight excluding hydrogens is 414 g/mol. The second-order valence-electron chi connectivity index (χ2n) is 7.58. The fraction of sp³-hybridized carbons (Fsp3) is 0.0370. The van der Waals surface area contributed by atoms with Crippen molar-refractivity contribution in [3.05, 3.63) is 121 Å². The Bertz CT molecular complexity index is 1160. The quantitative estimate of drug-likeness (QED) is 0.370. The summed E-state index contributed by atoms with van der Waals surface area (Å²) in [5.74, 6) is 0.879. The lowest BCUT2D eigenvalue weighted by Crippen LogP contribution is -2.25. The average molecular weight is 438 g/mol. The highest BCUT2D eigenvalue weighted by molar-refractivity contribution is 8.08. The molecule has 0 spiro atoms. The summed E-state index contributed by atoms with van der Waals surface area (Å²) >= 11 is 0. The van der Waals surface area contributed by atoms with Crippen molar-refractivity contribution in [2.24, 2.45) is 9.51 Å². The molecule has 0 bridgehead atoms. The highest BCUT2D eigenvalue weighted by atomic mass is 31.2. The van der Waals surface area contributed by atoms with Gasteiger partial charge >= 0.3 is 0 Å². The minimum Gasteiger partial charge on any atom is -0.239 e. The topological polar surface area (TPSA) is 24.7 Å². The van der Waals surface area contributed by atoms with Gasteiger partial charge in [-0.25, -0.2) is 9.51 Å². The smallest absolute Gasteiger partial charge is 0.124 e. The molecule has 0 unspecified atom stereocenters. The van der Waals surface area contributed by atoms with Crippen LogP contribution in [0.2, 0.25) is 0 Å². The van der Waals surface area contributed by atoms with Gasteiger partial charge in [0.2, 0.25) is 0 Å². The highest BCUT2D eigenvalue weighted by Crippen LogP contribution is 2.60. The molecule has 0 aliphatic carbocycles. The molecule has 5 rings (SSSR count). The van der Waals surface area contributed by atoms with Crippen LogP contribution in [-0.4, -0.2) is 11.4 Å². The molecule has 31 heavy (non-hydrogen) atoms. The zero-order chi connectivity index (χ0) is 21.2. The van der Waals surface area contributed by atoms with Crippen LogP contribution in [0.15, 0.2) is 131 Å². The molecule has 0 fully saturated rings. The normalized spacial score (nSPS) is 16.5. The monoisotopic (exact) mass is 438 g/mol. The molecule has 4 aromatic carbocycles. The summed E-state index contributed by atoms with van der Waals surface area (Å²) in [6.45, 7) is 2.06. The van der Waals surface area contributed by atoms with Crippen LogP contribution < -0.4 is 21.2 Å². The zero-order valence-electron chi connectivity index (χ0n) is 17.4. The van der Waals surface area contributed by atoms with Gasteiger partial charge in [0, 0.05) is 21.2 Å². The third-order valence-corrected chi connectivity index (χ3v) is 13.8. The van der Waals surface area contributed by atoms with E-state index < -0.39 is 14.1 Å². The minimum atomic E-state index is -2.18. The van der Waals surface area contributed by atoms with Crippen molar-refractivity contribution in [1.82, 2.24) is 0 Å². The third-order valence-electron chi connectivity index (χ3n) is 5.54. The predicted octanol–water partition coefficient (Wildman–Crippen LogP) is 5.61. The molecule has 1 aliphatic heterocycles. The minimum absolute atomic E-state index is 0.879. The molecule has 152 valence electrons. The summed E-state index contributed by atoms with van der Waals surface area (Å²) in [6.07, 6.45) is 0. The van der Waals surface area contributed by atoms with E-state index in [1.54, 1.807) is 0 Å². The maximum absolute atomic E-state index is 5.33. The summed E-state index contributed by atoms with van der Waals surface area (Å²) in [4.78, 5) is 0. The largest absolute Gasteiger partial charge is 0.239 e. The van der Waals surface area contributed by atoms with Gasteiger partial charge in [-0.15, -0.1) is 0 Å². The Morgan fingerprint density at radius 3 is 1.23 bits per heavy atom. The molecule has 0 saturated heterocycles. The van der Waals surface area contributed by atoms with E-state index >= 15 is 0 Å². The molecule has 0 atom stereocenters. The van der Waals surface area contributed by atoms with Crippen LogP contribution in [0.5, 0.6) is 0 Å². The fourth-order valence-corrected chi connectivity index (χ4v) is 13.3. The van der Waals surface area contributed by atoms with Crippen LogP contribution in [0, 0.1) is 0 Å². The van der Waals surface area contributed by atoms with Gasteiger partial charge in [0.1, 0.15) is 5.84 Å². The van der Waals surface area contributed by atoms with Crippen molar-refractivity contribution < 1.29 is 0 Å². The first-order chi connectivity index (χ1) is 15.2. The summed E-state index contributed by atoms with van der Waals surface area (Å²) in [5, 5.41) is 5.08. The maximum atomic E-state index is 5.33. The summed E-state index contributed by atoms with van der Waals surface area (Å²) in [7, 11) is -4.37. The van der Waals surface area contributed by atoms with Crippen LogP contribution in [-0.2, 0) is 0 Å². The maximum Gasteiger partial charge on any atom is 0.124 e. The molecule has 1 heterocycles. The van der Waals surface area contributed by atoms with Gasteiger partial charge in [0.05, 0.1) is 14.1 Å². The van der Waals surface area contributed by atoms with E-state index in [0.717, 1.165) is 5.84 Å². The Morgan fingerprint density at radius 2 is 0.839 bits per heavy atom. The first-order valence-electron chi connectivity index (χ1n) is 10.4. The Balaban J connectivity index is 1.96. The lowest BCUT2D eigenvalue weighted by atomic mass is 10.4. The Morgan fingerprint density at radius 1 is 0.484 bits per heavy atom. The molecule has 0 aromatic heterocycles. The number of benzene rings is 4. The third kappa shape index (κ3) is 3.57. The summed E-state index contributed by atoms with van der Waals surface area (Å²) in [5.41, 5.74) is 2.54. The standard InChI is InChI=1S/C27H24N2P2/c1-23-28-30(24-14-6-2-7-15-24,25-16-8-3-9-17-25)22-31(29-23,26-18-10-4-11-19-26)27-20-12-5-13-21-27/h2-22H,1H3. The second-order valence-corrected chi connectivity index (χ2v) is 13.7. The number of hydrogen-bond acceptors (Lipinski definition) is 2.